The van der Waals surface area contributed by atoms with Crippen molar-refractivity contribution in [1.29, 1.82) is 0 Å². The molecule has 154 valence electrons. The molecule has 10 nitrogen and oxygen atoms in total. The minimum Gasteiger partial charge on any atom is -0.497 e. The Morgan fingerprint density at radius 3 is 1.97 bits per heavy atom. The van der Waals surface area contributed by atoms with E-state index in [9.17, 15) is 4.79 Å². The zero-order chi connectivity index (χ0) is 20.2. The van der Waals surface area contributed by atoms with Crippen LogP contribution in [0.5, 0.6) is 5.75 Å². The van der Waals surface area contributed by atoms with Crippen LogP contribution in [0.1, 0.15) is 10.4 Å². The standard InChI is InChI=1S/C19H24N6O4/c1-27-15-11-13(16(20)26)10-14(12-15)17-21-18(24-2-6-28-7-3-24)23-19(22-17)25-4-8-29-9-5-25/h10-12H,2-9H2,1H3,(H2,20,26). The third-order valence-electron chi connectivity index (χ3n) is 4.88. The fourth-order valence-corrected chi connectivity index (χ4v) is 3.28. The summed E-state index contributed by atoms with van der Waals surface area (Å²) >= 11 is 0. The summed E-state index contributed by atoms with van der Waals surface area (Å²) in [5, 5.41) is 0. The third-order valence-corrected chi connectivity index (χ3v) is 4.88. The molecule has 2 aliphatic heterocycles. The molecule has 2 aromatic rings. The van der Waals surface area contributed by atoms with Crippen LogP contribution in [-0.4, -0.2) is 80.6 Å². The van der Waals surface area contributed by atoms with E-state index in [0.717, 1.165) is 0 Å². The van der Waals surface area contributed by atoms with Crippen molar-refractivity contribution in [3.63, 3.8) is 0 Å². The summed E-state index contributed by atoms with van der Waals surface area (Å²) in [6, 6.07) is 5.05. The fourth-order valence-electron chi connectivity index (χ4n) is 3.28. The number of aromatic nitrogens is 3. The van der Waals surface area contributed by atoms with E-state index in [4.69, 9.17) is 24.9 Å². The Morgan fingerprint density at radius 1 is 0.931 bits per heavy atom. The number of morpholine rings is 2. The minimum atomic E-state index is -0.541. The predicted molar refractivity (Wildman–Crippen MR) is 106 cm³/mol. The Labute approximate surface area is 168 Å². The van der Waals surface area contributed by atoms with Crippen molar-refractivity contribution in [2.45, 2.75) is 0 Å². The molecule has 0 radical (unpaired) electrons. The molecule has 0 saturated carbocycles. The lowest BCUT2D eigenvalue weighted by atomic mass is 10.1. The molecule has 4 rings (SSSR count). The van der Waals surface area contributed by atoms with Crippen molar-refractivity contribution in [3.05, 3.63) is 23.8 Å². The second kappa shape index (κ2) is 8.58. The number of carbonyl (C=O) groups is 1. The highest BCUT2D eigenvalue weighted by Crippen LogP contribution is 2.27. The summed E-state index contributed by atoms with van der Waals surface area (Å²) in [5.41, 5.74) is 6.46. The van der Waals surface area contributed by atoms with E-state index in [2.05, 4.69) is 19.8 Å². The molecular weight excluding hydrogens is 376 g/mol. The predicted octanol–water partition coefficient (Wildman–Crippen LogP) is 0.319. The van der Waals surface area contributed by atoms with Gasteiger partial charge in [0.15, 0.2) is 5.82 Å². The maximum Gasteiger partial charge on any atom is 0.248 e. The van der Waals surface area contributed by atoms with Crippen molar-refractivity contribution in [3.8, 4) is 17.1 Å². The first-order valence-corrected chi connectivity index (χ1v) is 9.55. The van der Waals surface area contributed by atoms with Crippen LogP contribution < -0.4 is 20.3 Å². The van der Waals surface area contributed by atoms with Gasteiger partial charge in [-0.3, -0.25) is 4.79 Å². The van der Waals surface area contributed by atoms with Gasteiger partial charge in [-0.05, 0) is 18.2 Å². The van der Waals surface area contributed by atoms with Gasteiger partial charge in [0.1, 0.15) is 5.75 Å². The summed E-state index contributed by atoms with van der Waals surface area (Å²) in [4.78, 5) is 30.0. The maximum absolute atomic E-state index is 11.8. The van der Waals surface area contributed by atoms with Gasteiger partial charge in [-0.15, -0.1) is 0 Å². The molecule has 2 N–H and O–H groups in total. The van der Waals surface area contributed by atoms with E-state index in [-0.39, 0.29) is 0 Å². The first kappa shape index (κ1) is 19.3. The molecule has 2 fully saturated rings. The Hall–Kier alpha value is -2.98. The molecule has 1 aromatic heterocycles. The van der Waals surface area contributed by atoms with Crippen molar-refractivity contribution in [2.75, 3.05) is 69.5 Å². The van der Waals surface area contributed by atoms with E-state index in [1.165, 1.54) is 7.11 Å². The number of benzene rings is 1. The number of nitrogens with zero attached hydrogens (tertiary/aromatic N) is 5. The first-order valence-electron chi connectivity index (χ1n) is 9.55. The molecule has 0 aliphatic carbocycles. The van der Waals surface area contributed by atoms with Crippen LogP contribution in [0.25, 0.3) is 11.4 Å². The van der Waals surface area contributed by atoms with Crippen molar-refractivity contribution < 1.29 is 19.0 Å². The molecule has 1 aromatic carbocycles. The average Bonchev–Trinajstić information content (AvgIpc) is 2.79. The number of anilines is 2. The van der Waals surface area contributed by atoms with E-state index >= 15 is 0 Å². The summed E-state index contributed by atoms with van der Waals surface area (Å²) in [7, 11) is 1.54. The number of methoxy groups -OCH3 is 1. The normalized spacial score (nSPS) is 17.3. The van der Waals surface area contributed by atoms with Crippen molar-refractivity contribution >= 4 is 17.8 Å². The molecule has 10 heteroatoms. The lowest BCUT2D eigenvalue weighted by Gasteiger charge is -2.30. The summed E-state index contributed by atoms with van der Waals surface area (Å²) < 4.78 is 16.2. The van der Waals surface area contributed by atoms with E-state index in [1.54, 1.807) is 18.2 Å². The Morgan fingerprint density at radius 2 is 1.48 bits per heavy atom. The molecule has 2 aliphatic rings. The molecule has 29 heavy (non-hydrogen) atoms. The highest BCUT2D eigenvalue weighted by Gasteiger charge is 2.22. The molecule has 0 spiro atoms. The van der Waals surface area contributed by atoms with Gasteiger partial charge in [0, 0.05) is 37.3 Å². The number of hydrogen-bond donors (Lipinski definition) is 1. The highest BCUT2D eigenvalue weighted by atomic mass is 16.5. The van der Waals surface area contributed by atoms with E-state index in [0.29, 0.717) is 87.2 Å². The zero-order valence-corrected chi connectivity index (χ0v) is 16.3. The number of rotatable bonds is 5. The van der Waals surface area contributed by atoms with Crippen LogP contribution >= 0.6 is 0 Å². The van der Waals surface area contributed by atoms with Crippen LogP contribution in [0.2, 0.25) is 0 Å². The van der Waals surface area contributed by atoms with Gasteiger partial charge in [0.2, 0.25) is 17.8 Å². The summed E-state index contributed by atoms with van der Waals surface area (Å²) in [5.74, 6) is 1.61. The number of ether oxygens (including phenoxy) is 3. The zero-order valence-electron chi connectivity index (χ0n) is 16.3. The molecule has 2 saturated heterocycles. The van der Waals surface area contributed by atoms with Crippen molar-refractivity contribution in [1.82, 2.24) is 15.0 Å². The lowest BCUT2D eigenvalue weighted by molar-refractivity contribution is 0.1000. The number of nitrogens with two attached hydrogens (primary N) is 1. The number of primary amides is 1. The third kappa shape index (κ3) is 4.38. The molecule has 3 heterocycles. The lowest BCUT2D eigenvalue weighted by Crippen LogP contribution is -2.40. The molecule has 0 unspecified atom stereocenters. The summed E-state index contributed by atoms with van der Waals surface area (Å²) in [6.45, 7) is 5.32. The van der Waals surface area contributed by atoms with Crippen LogP contribution in [0, 0.1) is 0 Å². The fraction of sp³-hybridized carbons (Fsp3) is 0.474. The topological polar surface area (TPSA) is 116 Å². The maximum atomic E-state index is 11.8. The molecule has 1 amide bonds. The number of carbonyl (C=O) groups excluding carboxylic acids is 1. The monoisotopic (exact) mass is 400 g/mol. The molecule has 0 atom stereocenters. The quantitative estimate of drug-likeness (QED) is 0.757. The second-order valence-corrected chi connectivity index (χ2v) is 6.77. The number of hydrogen-bond acceptors (Lipinski definition) is 9. The first-order chi connectivity index (χ1) is 14.1. The van der Waals surface area contributed by atoms with Crippen LogP contribution in [0.15, 0.2) is 18.2 Å². The molecule has 0 bridgehead atoms. The smallest absolute Gasteiger partial charge is 0.248 e. The Bertz CT molecular complexity index is 845. The SMILES string of the molecule is COc1cc(C(N)=O)cc(-c2nc(N3CCOCC3)nc(N3CCOCC3)n2)c1. The second-order valence-electron chi connectivity index (χ2n) is 6.77. The summed E-state index contributed by atoms with van der Waals surface area (Å²) in [6.07, 6.45) is 0. The van der Waals surface area contributed by atoms with Gasteiger partial charge in [0.05, 0.1) is 33.5 Å². The Balaban J connectivity index is 1.79. The molecular formula is C19H24N6O4. The van der Waals surface area contributed by atoms with Crippen LogP contribution in [0.3, 0.4) is 0 Å². The largest absolute Gasteiger partial charge is 0.497 e. The highest BCUT2D eigenvalue weighted by molar-refractivity contribution is 5.94. The van der Waals surface area contributed by atoms with E-state index < -0.39 is 5.91 Å². The van der Waals surface area contributed by atoms with Gasteiger partial charge in [0.25, 0.3) is 0 Å². The van der Waals surface area contributed by atoms with E-state index in [1.807, 2.05) is 0 Å². The average molecular weight is 400 g/mol. The van der Waals surface area contributed by atoms with Gasteiger partial charge >= 0.3 is 0 Å². The van der Waals surface area contributed by atoms with Gasteiger partial charge in [-0.2, -0.15) is 15.0 Å². The van der Waals surface area contributed by atoms with Gasteiger partial charge in [-0.1, -0.05) is 0 Å². The van der Waals surface area contributed by atoms with Crippen LogP contribution in [0.4, 0.5) is 11.9 Å². The minimum absolute atomic E-state index is 0.334. The van der Waals surface area contributed by atoms with Crippen LogP contribution in [-0.2, 0) is 9.47 Å². The Kier molecular flexibility index (Phi) is 5.72. The van der Waals surface area contributed by atoms with Gasteiger partial charge in [-0.25, -0.2) is 0 Å². The van der Waals surface area contributed by atoms with Gasteiger partial charge < -0.3 is 29.7 Å². The van der Waals surface area contributed by atoms with Crippen molar-refractivity contribution in [2.24, 2.45) is 5.73 Å². The number of amides is 1.